The predicted molar refractivity (Wildman–Crippen MR) is 290 cm³/mol. The summed E-state index contributed by atoms with van der Waals surface area (Å²) in [4.78, 5) is 49.3. The van der Waals surface area contributed by atoms with Gasteiger partial charge in [0, 0.05) is 26.7 Å². The average Bonchev–Trinajstić information content (AvgIpc) is 0.849. The Morgan fingerprint density at radius 1 is 0.473 bits per heavy atom. The van der Waals surface area contributed by atoms with E-state index in [0.29, 0.717) is 0 Å². The molecule has 0 saturated carbocycles. The highest BCUT2D eigenvalue weighted by molar-refractivity contribution is 5.74. The number of carbonyl (C=O) groups is 4. The molecular formula is C53H89N3O37. The van der Waals surface area contributed by atoms with E-state index in [1.54, 1.807) is 0 Å². The zero-order valence-corrected chi connectivity index (χ0v) is 50.8. The van der Waals surface area contributed by atoms with Crippen molar-refractivity contribution in [1.82, 2.24) is 16.0 Å². The molecule has 93 heavy (non-hydrogen) atoms. The third-order valence-electron chi connectivity index (χ3n) is 17.2. The lowest BCUT2D eigenvalue weighted by molar-refractivity contribution is -0.424. The maximum atomic E-state index is 12.9. The van der Waals surface area contributed by atoms with Crippen molar-refractivity contribution in [3.05, 3.63) is 0 Å². The summed E-state index contributed by atoms with van der Waals surface area (Å²) in [5.41, 5.74) is 0. The number of hydrogen-bond acceptors (Lipinski definition) is 37. The van der Waals surface area contributed by atoms with E-state index in [9.17, 15) is 116 Å². The summed E-state index contributed by atoms with van der Waals surface area (Å²) in [6.07, 6.45) is -59.7. The van der Waals surface area contributed by atoms with Gasteiger partial charge in [-0.15, -0.1) is 0 Å². The molecule has 7 aliphatic heterocycles. The minimum Gasteiger partial charge on any atom is -0.410 e. The number of ether oxygens (including phenoxy) is 14. The first-order chi connectivity index (χ1) is 43.9. The Labute approximate surface area is 529 Å². The Balaban J connectivity index is 1.10. The summed E-state index contributed by atoms with van der Waals surface area (Å²) < 4.78 is 81.6. The van der Waals surface area contributed by atoms with E-state index in [1.165, 1.54) is 20.8 Å². The van der Waals surface area contributed by atoms with Gasteiger partial charge >= 0.3 is 5.97 Å². The van der Waals surface area contributed by atoms with Crippen LogP contribution in [0.25, 0.3) is 0 Å². The number of aliphatic hydroxyl groups is 19. The number of carbonyl (C=O) groups excluding carboxylic acids is 4. The molecule has 0 radical (unpaired) electrons. The third kappa shape index (κ3) is 17.2. The Morgan fingerprint density at radius 3 is 1.38 bits per heavy atom. The monoisotopic (exact) mass is 1360 g/mol. The SMILES string of the molecule is CC(=O)NC1[C@H](OC2C(O)[C@H](O)C(CO)O[C@@H]2O[C@@H]2C(O)[C@H](O[C@@H]3C(CO)O[C@@H](O[C@@H]4C(CO)O[C@@H](C)C(NC(C)=O)[C@H]4O)C(NC(C)=O)[C@H]3O)OC(CO)[C@H]2O)OC(CO)[C@@H](OC2OC(CO[C@]3(OC=O)C[C@@H](O)[C@@H](C)C(C(O)[C@H](O)CO)O3)[C@H](O)[C@H](O)[C@@H]2O)[C@@H]1O. The fourth-order valence-corrected chi connectivity index (χ4v) is 12.2. The lowest BCUT2D eigenvalue weighted by Crippen LogP contribution is -2.70. The Kier molecular flexibility index (Phi) is 27.7. The molecule has 0 aromatic heterocycles. The van der Waals surface area contributed by atoms with Crippen LogP contribution in [0.2, 0.25) is 0 Å². The average molecular weight is 1360 g/mol. The van der Waals surface area contributed by atoms with Crippen LogP contribution in [0.4, 0.5) is 0 Å². The van der Waals surface area contributed by atoms with Gasteiger partial charge in [0.15, 0.2) is 31.5 Å². The summed E-state index contributed by atoms with van der Waals surface area (Å²) in [5, 5.41) is 216. The topological polar surface area (TPSA) is 618 Å². The normalized spacial score (nSPS) is 47.2. The van der Waals surface area contributed by atoms with Crippen molar-refractivity contribution in [3.63, 3.8) is 0 Å². The summed E-state index contributed by atoms with van der Waals surface area (Å²) in [7, 11) is 0. The van der Waals surface area contributed by atoms with Crippen molar-refractivity contribution in [2.24, 2.45) is 5.92 Å². The van der Waals surface area contributed by atoms with E-state index in [1.807, 2.05) is 0 Å². The first kappa shape index (κ1) is 77.0. The number of amides is 3. The van der Waals surface area contributed by atoms with Gasteiger partial charge in [-0.25, -0.2) is 0 Å². The Morgan fingerprint density at radius 2 is 0.882 bits per heavy atom. The molecule has 7 fully saturated rings. The summed E-state index contributed by atoms with van der Waals surface area (Å²) in [5.74, 6) is -5.88. The Hall–Kier alpha value is -3.40. The van der Waals surface area contributed by atoms with E-state index in [4.69, 9.17) is 66.3 Å². The molecule has 7 rings (SSSR count). The summed E-state index contributed by atoms with van der Waals surface area (Å²) >= 11 is 0. The molecule has 7 saturated heterocycles. The molecule has 7 aliphatic rings. The molecule has 36 atom stereocenters. The second-order valence-electron chi connectivity index (χ2n) is 23.8. The summed E-state index contributed by atoms with van der Waals surface area (Å²) in [6.45, 7) is -1.08. The molecule has 538 valence electrons. The molecule has 15 unspecified atom stereocenters. The second-order valence-corrected chi connectivity index (χ2v) is 23.8. The minimum atomic E-state index is -2.60. The zero-order valence-electron chi connectivity index (χ0n) is 50.8. The fourth-order valence-electron chi connectivity index (χ4n) is 12.2. The van der Waals surface area contributed by atoms with Crippen LogP contribution in [0.5, 0.6) is 0 Å². The maximum Gasteiger partial charge on any atom is 0.332 e. The highest BCUT2D eigenvalue weighted by Gasteiger charge is 2.60. The predicted octanol–water partition coefficient (Wildman–Crippen LogP) is -14.2. The first-order valence-corrected chi connectivity index (χ1v) is 29.9. The van der Waals surface area contributed by atoms with Crippen molar-refractivity contribution < 1.29 is 183 Å². The highest BCUT2D eigenvalue weighted by atomic mass is 16.9. The molecule has 0 aliphatic carbocycles. The molecule has 0 aromatic carbocycles. The standard InChI is InChI=1S/C53H89N3O37/c1-15-20(67)6-53(81-14-63,93-42(15)31(69)21(68)7-57)80-13-27-33(71)38(76)40(78)50(87-27)89-44-25(11-61)86-49(30(37(44)75)56-19(5)66)92-47-39(77)32(70)22(8-58)84-52(47)91-46-34(72)23(9-59)83-51(41(46)79)90-45-26(12-62)85-48(29(36(45)74)55-18(4)65)88-43-24(10-60)82-16(2)28(35(43)73)54-17(3)64/h14-16,20-52,57-62,67-79H,6-13H2,1-5H3,(H,54,64)(H,55,65)(H,56,66)/t15-,16+,20-,21-,22?,23?,24?,25?,26?,27?,28?,29?,30?,31?,32-,33+,34-,35-,36-,37-,38+,39?,40+,41?,42?,43-,44-,45-,46+,47?,48+,49+,50?,51+,52-,53+/m1/s1. The van der Waals surface area contributed by atoms with Crippen LogP contribution in [0.1, 0.15) is 41.0 Å². The van der Waals surface area contributed by atoms with Crippen molar-refractivity contribution >= 4 is 24.2 Å². The zero-order chi connectivity index (χ0) is 68.8. The van der Waals surface area contributed by atoms with Gasteiger partial charge in [-0.1, -0.05) is 6.92 Å². The molecule has 0 aromatic rings. The van der Waals surface area contributed by atoms with Crippen LogP contribution in [0, 0.1) is 5.92 Å². The fraction of sp³-hybridized carbons (Fsp3) is 0.925. The van der Waals surface area contributed by atoms with Crippen LogP contribution in [-0.2, 0) is 85.5 Å². The second kappa shape index (κ2) is 33.4. The van der Waals surface area contributed by atoms with Crippen molar-refractivity contribution in [2.75, 3.05) is 46.2 Å². The van der Waals surface area contributed by atoms with Crippen LogP contribution >= 0.6 is 0 Å². The molecule has 22 N–H and O–H groups in total. The van der Waals surface area contributed by atoms with Crippen molar-refractivity contribution in [2.45, 2.75) is 255 Å². The molecule has 40 heteroatoms. The molecule has 40 nitrogen and oxygen atoms in total. The highest BCUT2D eigenvalue weighted by Crippen LogP contribution is 2.40. The van der Waals surface area contributed by atoms with E-state index in [0.717, 1.165) is 13.8 Å². The van der Waals surface area contributed by atoms with Gasteiger partial charge in [0.2, 0.25) is 17.7 Å². The van der Waals surface area contributed by atoms with Crippen LogP contribution < -0.4 is 16.0 Å². The third-order valence-corrected chi connectivity index (χ3v) is 17.2. The lowest BCUT2D eigenvalue weighted by atomic mass is 9.87. The van der Waals surface area contributed by atoms with Crippen LogP contribution in [-0.4, -0.2) is 382 Å². The van der Waals surface area contributed by atoms with E-state index < -0.39 is 291 Å². The van der Waals surface area contributed by atoms with Crippen molar-refractivity contribution in [1.29, 1.82) is 0 Å². The lowest BCUT2D eigenvalue weighted by Gasteiger charge is -2.51. The summed E-state index contributed by atoms with van der Waals surface area (Å²) in [6, 6.07) is -4.72. The molecular weight excluding hydrogens is 1270 g/mol. The molecule has 7 heterocycles. The number of aliphatic hydroxyl groups excluding tert-OH is 19. The van der Waals surface area contributed by atoms with Gasteiger partial charge in [0.25, 0.3) is 6.47 Å². The van der Waals surface area contributed by atoms with Crippen LogP contribution in [0.3, 0.4) is 0 Å². The van der Waals surface area contributed by atoms with Gasteiger partial charge in [-0.3, -0.25) is 19.2 Å². The van der Waals surface area contributed by atoms with Gasteiger partial charge in [0.05, 0.1) is 77.0 Å². The smallest absolute Gasteiger partial charge is 0.332 e. The molecule has 0 bridgehead atoms. The molecule has 3 amide bonds. The quantitative estimate of drug-likeness (QED) is 0.0282. The maximum absolute atomic E-state index is 12.9. The van der Waals surface area contributed by atoms with Gasteiger partial charge in [-0.05, 0) is 6.92 Å². The van der Waals surface area contributed by atoms with Crippen LogP contribution in [0.15, 0.2) is 0 Å². The molecule has 0 spiro atoms. The minimum absolute atomic E-state index is 0.161. The number of nitrogens with one attached hydrogen (secondary N) is 3. The number of hydrogen-bond donors (Lipinski definition) is 22. The van der Waals surface area contributed by atoms with E-state index in [-0.39, 0.29) is 6.47 Å². The van der Waals surface area contributed by atoms with Gasteiger partial charge < -0.3 is 179 Å². The first-order valence-electron chi connectivity index (χ1n) is 29.9. The van der Waals surface area contributed by atoms with Crippen molar-refractivity contribution in [3.8, 4) is 0 Å². The van der Waals surface area contributed by atoms with Gasteiger partial charge in [0.1, 0.15) is 152 Å². The van der Waals surface area contributed by atoms with E-state index >= 15 is 0 Å². The number of rotatable bonds is 26. The van der Waals surface area contributed by atoms with Gasteiger partial charge in [-0.2, -0.15) is 0 Å². The van der Waals surface area contributed by atoms with E-state index in [2.05, 4.69) is 16.0 Å². The Bertz CT molecular complexity index is 2380. The largest absolute Gasteiger partial charge is 0.410 e.